The number of carbonyl (C=O) groups is 2. The van der Waals surface area contributed by atoms with Gasteiger partial charge in [0, 0.05) is 9.50 Å². The van der Waals surface area contributed by atoms with E-state index < -0.39 is 11.9 Å². The molecule has 1 amide bonds. The van der Waals surface area contributed by atoms with Crippen molar-refractivity contribution in [3.63, 3.8) is 0 Å². The SMILES string of the molecule is O=C(O)c1ccc(Br)c(NC(=O)c2ccc(Cl)cc2O)c1. The summed E-state index contributed by atoms with van der Waals surface area (Å²) in [5, 5.41) is 21.5. The average Bonchev–Trinajstić information content (AvgIpc) is 2.40. The van der Waals surface area contributed by atoms with Crippen LogP contribution in [0.3, 0.4) is 0 Å². The molecule has 0 heterocycles. The summed E-state index contributed by atoms with van der Waals surface area (Å²) in [6, 6.07) is 8.33. The largest absolute Gasteiger partial charge is 0.507 e. The van der Waals surface area contributed by atoms with Crippen LogP contribution >= 0.6 is 27.5 Å². The van der Waals surface area contributed by atoms with Crippen LogP contribution < -0.4 is 5.32 Å². The Morgan fingerprint density at radius 1 is 1.14 bits per heavy atom. The van der Waals surface area contributed by atoms with Crippen molar-refractivity contribution in [1.29, 1.82) is 0 Å². The third-order valence-corrected chi connectivity index (χ3v) is 3.59. The number of halogens is 2. The fraction of sp³-hybridized carbons (Fsp3) is 0. The number of carboxylic acid groups (broad SMARTS) is 1. The van der Waals surface area contributed by atoms with E-state index in [4.69, 9.17) is 16.7 Å². The Hall–Kier alpha value is -2.05. The van der Waals surface area contributed by atoms with Gasteiger partial charge >= 0.3 is 5.97 Å². The van der Waals surface area contributed by atoms with Gasteiger partial charge in [-0.3, -0.25) is 4.79 Å². The fourth-order valence-electron chi connectivity index (χ4n) is 1.64. The van der Waals surface area contributed by atoms with Crippen molar-refractivity contribution >= 4 is 45.1 Å². The first kappa shape index (κ1) is 15.3. The predicted molar refractivity (Wildman–Crippen MR) is 82.2 cm³/mol. The van der Waals surface area contributed by atoms with Crippen molar-refractivity contribution in [3.8, 4) is 5.75 Å². The van der Waals surface area contributed by atoms with Crippen LogP contribution in [0.15, 0.2) is 40.9 Å². The second-order valence-corrected chi connectivity index (χ2v) is 5.41. The zero-order chi connectivity index (χ0) is 15.6. The van der Waals surface area contributed by atoms with Gasteiger partial charge in [0.05, 0.1) is 16.8 Å². The first-order chi connectivity index (χ1) is 9.88. The first-order valence-electron chi connectivity index (χ1n) is 5.71. The van der Waals surface area contributed by atoms with E-state index in [0.717, 1.165) is 0 Å². The molecule has 0 bridgehead atoms. The highest BCUT2D eigenvalue weighted by atomic mass is 79.9. The van der Waals surface area contributed by atoms with E-state index in [1.165, 1.54) is 36.4 Å². The van der Waals surface area contributed by atoms with Gasteiger partial charge in [-0.2, -0.15) is 0 Å². The van der Waals surface area contributed by atoms with Gasteiger partial charge in [0.15, 0.2) is 0 Å². The maximum Gasteiger partial charge on any atom is 0.335 e. The summed E-state index contributed by atoms with van der Waals surface area (Å²) in [6.07, 6.45) is 0. The van der Waals surface area contributed by atoms with Crippen LogP contribution in [0.25, 0.3) is 0 Å². The summed E-state index contributed by atoms with van der Waals surface area (Å²) in [5.41, 5.74) is 0.357. The van der Waals surface area contributed by atoms with Crippen LogP contribution in [0.2, 0.25) is 5.02 Å². The van der Waals surface area contributed by atoms with Crippen molar-refractivity contribution in [2.45, 2.75) is 0 Å². The maximum absolute atomic E-state index is 12.1. The Morgan fingerprint density at radius 3 is 2.48 bits per heavy atom. The van der Waals surface area contributed by atoms with E-state index in [-0.39, 0.29) is 22.6 Å². The number of phenolic OH excluding ortho intramolecular Hbond substituents is 1. The quantitative estimate of drug-likeness (QED) is 0.768. The van der Waals surface area contributed by atoms with E-state index in [2.05, 4.69) is 21.2 Å². The van der Waals surface area contributed by atoms with Gasteiger partial charge in [-0.25, -0.2) is 4.79 Å². The highest BCUT2D eigenvalue weighted by molar-refractivity contribution is 9.10. The van der Waals surface area contributed by atoms with Gasteiger partial charge in [0.2, 0.25) is 0 Å². The van der Waals surface area contributed by atoms with Crippen LogP contribution in [-0.2, 0) is 0 Å². The molecule has 3 N–H and O–H groups in total. The van der Waals surface area contributed by atoms with Gasteiger partial charge in [0.25, 0.3) is 5.91 Å². The van der Waals surface area contributed by atoms with E-state index in [1.807, 2.05) is 0 Å². The molecule has 7 heteroatoms. The number of aromatic carboxylic acids is 1. The molecule has 0 aromatic heterocycles. The van der Waals surface area contributed by atoms with Crippen molar-refractivity contribution in [2.75, 3.05) is 5.32 Å². The van der Waals surface area contributed by atoms with E-state index in [0.29, 0.717) is 9.50 Å². The van der Waals surface area contributed by atoms with Crippen molar-refractivity contribution < 1.29 is 19.8 Å². The maximum atomic E-state index is 12.1. The number of anilines is 1. The molecule has 21 heavy (non-hydrogen) atoms. The smallest absolute Gasteiger partial charge is 0.335 e. The molecule has 0 radical (unpaired) electrons. The summed E-state index contributed by atoms with van der Waals surface area (Å²) in [7, 11) is 0. The number of hydrogen-bond donors (Lipinski definition) is 3. The molecule has 5 nitrogen and oxygen atoms in total. The lowest BCUT2D eigenvalue weighted by atomic mass is 10.1. The Bertz CT molecular complexity index is 733. The highest BCUT2D eigenvalue weighted by Crippen LogP contribution is 2.27. The third kappa shape index (κ3) is 3.53. The summed E-state index contributed by atoms with van der Waals surface area (Å²) in [6.45, 7) is 0. The minimum atomic E-state index is -1.10. The van der Waals surface area contributed by atoms with Gasteiger partial charge in [0.1, 0.15) is 5.75 Å². The molecule has 0 aliphatic rings. The number of amides is 1. The molecule has 0 saturated carbocycles. The lowest BCUT2D eigenvalue weighted by Gasteiger charge is -2.09. The predicted octanol–water partition coefficient (Wildman–Crippen LogP) is 3.76. The average molecular weight is 371 g/mol. The van der Waals surface area contributed by atoms with Gasteiger partial charge < -0.3 is 15.5 Å². The minimum absolute atomic E-state index is 0.0343. The Labute approximate surface area is 133 Å². The van der Waals surface area contributed by atoms with Gasteiger partial charge in [-0.1, -0.05) is 11.6 Å². The lowest BCUT2D eigenvalue weighted by Crippen LogP contribution is -2.13. The summed E-state index contributed by atoms with van der Waals surface area (Å²) in [5.74, 6) is -1.94. The normalized spacial score (nSPS) is 10.2. The topological polar surface area (TPSA) is 86.6 Å². The van der Waals surface area contributed by atoms with E-state index >= 15 is 0 Å². The zero-order valence-corrected chi connectivity index (χ0v) is 12.8. The standard InChI is InChI=1S/C14H9BrClNO4/c15-10-4-1-7(14(20)21)5-11(10)17-13(19)9-3-2-8(16)6-12(9)18/h1-6,18H,(H,17,19)(H,20,21). The summed E-state index contributed by atoms with van der Waals surface area (Å²) in [4.78, 5) is 23.0. The second kappa shape index (κ2) is 6.15. The number of phenols is 1. The van der Waals surface area contributed by atoms with Gasteiger partial charge in [-0.05, 0) is 52.3 Å². The molecule has 0 fully saturated rings. The number of carboxylic acids is 1. The highest BCUT2D eigenvalue weighted by Gasteiger charge is 2.14. The van der Waals surface area contributed by atoms with Crippen molar-refractivity contribution in [1.82, 2.24) is 0 Å². The van der Waals surface area contributed by atoms with Crippen LogP contribution in [0.1, 0.15) is 20.7 Å². The second-order valence-electron chi connectivity index (χ2n) is 4.12. The molecule has 108 valence electrons. The number of nitrogens with one attached hydrogen (secondary N) is 1. The fourth-order valence-corrected chi connectivity index (χ4v) is 2.15. The third-order valence-electron chi connectivity index (χ3n) is 2.67. The molecule has 0 aliphatic heterocycles. The Morgan fingerprint density at radius 2 is 1.86 bits per heavy atom. The first-order valence-corrected chi connectivity index (χ1v) is 6.88. The minimum Gasteiger partial charge on any atom is -0.507 e. The molecule has 0 atom stereocenters. The number of hydrogen-bond acceptors (Lipinski definition) is 3. The van der Waals surface area contributed by atoms with Crippen molar-refractivity contribution in [2.24, 2.45) is 0 Å². The molecule has 2 aromatic carbocycles. The molecule has 0 aliphatic carbocycles. The molecule has 0 unspecified atom stereocenters. The molecular formula is C14H9BrClNO4. The molecule has 2 aromatic rings. The van der Waals surface area contributed by atoms with Crippen LogP contribution in [0.5, 0.6) is 5.75 Å². The van der Waals surface area contributed by atoms with Crippen LogP contribution in [0, 0.1) is 0 Å². The summed E-state index contributed by atoms with van der Waals surface area (Å²) >= 11 is 8.92. The van der Waals surface area contributed by atoms with E-state index in [9.17, 15) is 14.7 Å². The monoisotopic (exact) mass is 369 g/mol. The number of aromatic hydroxyl groups is 1. The molecule has 0 spiro atoms. The van der Waals surface area contributed by atoms with Gasteiger partial charge in [-0.15, -0.1) is 0 Å². The number of carbonyl (C=O) groups excluding carboxylic acids is 1. The Balaban J connectivity index is 2.31. The van der Waals surface area contributed by atoms with Crippen LogP contribution in [0.4, 0.5) is 5.69 Å². The number of rotatable bonds is 3. The van der Waals surface area contributed by atoms with Crippen LogP contribution in [-0.4, -0.2) is 22.1 Å². The molecule has 0 saturated heterocycles. The lowest BCUT2D eigenvalue weighted by molar-refractivity contribution is 0.0696. The Kier molecular flexibility index (Phi) is 4.50. The molecular weight excluding hydrogens is 362 g/mol. The zero-order valence-electron chi connectivity index (χ0n) is 10.4. The van der Waals surface area contributed by atoms with E-state index in [1.54, 1.807) is 0 Å². The number of benzene rings is 2. The van der Waals surface area contributed by atoms with Crippen molar-refractivity contribution in [3.05, 3.63) is 57.0 Å². The molecule has 2 rings (SSSR count). The summed E-state index contributed by atoms with van der Waals surface area (Å²) < 4.78 is 0.523.